The second-order valence-electron chi connectivity index (χ2n) is 12.9. The van der Waals surface area contributed by atoms with Crippen LogP contribution in [0.25, 0.3) is 5.65 Å². The molecule has 0 N–H and O–H groups in total. The van der Waals surface area contributed by atoms with Gasteiger partial charge in [0.1, 0.15) is 17.0 Å². The molecule has 3 aromatic heterocycles. The molecule has 4 heterocycles. The first-order valence-corrected chi connectivity index (χ1v) is 15.9. The summed E-state index contributed by atoms with van der Waals surface area (Å²) < 4.78 is 14.7. The minimum absolute atomic E-state index is 0.147. The van der Waals surface area contributed by atoms with Crippen LogP contribution in [-0.4, -0.2) is 54.3 Å². The molecule has 1 saturated carbocycles. The van der Waals surface area contributed by atoms with E-state index in [0.717, 1.165) is 35.2 Å². The number of halogens is 1. The van der Waals surface area contributed by atoms with Gasteiger partial charge in [-0.3, -0.25) is 19.3 Å². The molecule has 12 nitrogen and oxygen atoms in total. The van der Waals surface area contributed by atoms with Crippen LogP contribution >= 0.6 is 11.6 Å². The van der Waals surface area contributed by atoms with Gasteiger partial charge in [-0.05, 0) is 82.9 Å². The van der Waals surface area contributed by atoms with Crippen LogP contribution in [0.4, 0.5) is 16.3 Å². The molecule has 1 fully saturated rings. The van der Waals surface area contributed by atoms with E-state index in [1.54, 1.807) is 29.5 Å². The SMILES string of the molecule is COc1ccc(CN(C(=O)OC(C)(C)C)c2cc(N3C(=O)c4c(c(C)nn4C4CC4)C3c3ccc(Cl)cc3)nn3c(C)nnc23)cc1. The highest BCUT2D eigenvalue weighted by molar-refractivity contribution is 6.30. The summed E-state index contributed by atoms with van der Waals surface area (Å²) in [4.78, 5) is 31.7. The number of rotatable bonds is 7. The lowest BCUT2D eigenvalue weighted by Gasteiger charge is -2.29. The van der Waals surface area contributed by atoms with Gasteiger partial charge in [-0.1, -0.05) is 35.9 Å². The molecule has 1 aliphatic heterocycles. The third kappa shape index (κ3) is 5.56. The largest absolute Gasteiger partial charge is 0.497 e. The molecule has 242 valence electrons. The Labute approximate surface area is 276 Å². The first-order chi connectivity index (χ1) is 22.4. The predicted octanol–water partition coefficient (Wildman–Crippen LogP) is 6.63. The molecule has 0 spiro atoms. The van der Waals surface area contributed by atoms with Gasteiger partial charge in [-0.15, -0.1) is 15.3 Å². The lowest BCUT2D eigenvalue weighted by molar-refractivity contribution is 0.0577. The van der Waals surface area contributed by atoms with Gasteiger partial charge in [0.25, 0.3) is 5.91 Å². The van der Waals surface area contributed by atoms with Gasteiger partial charge < -0.3 is 9.47 Å². The maximum atomic E-state index is 14.6. The summed E-state index contributed by atoms with van der Waals surface area (Å²) in [5, 5.41) is 19.0. The lowest BCUT2D eigenvalue weighted by Crippen LogP contribution is -2.37. The number of hydrogen-bond donors (Lipinski definition) is 0. The zero-order valence-electron chi connectivity index (χ0n) is 27.1. The van der Waals surface area contributed by atoms with Gasteiger partial charge in [0.05, 0.1) is 37.1 Å². The number of aromatic nitrogens is 6. The van der Waals surface area contributed by atoms with Gasteiger partial charge in [0.2, 0.25) is 5.65 Å². The second kappa shape index (κ2) is 11.4. The lowest BCUT2D eigenvalue weighted by atomic mass is 9.99. The fraction of sp³-hybridized carbons (Fsp3) is 0.353. The summed E-state index contributed by atoms with van der Waals surface area (Å²) >= 11 is 6.29. The van der Waals surface area contributed by atoms with Crippen LogP contribution in [-0.2, 0) is 11.3 Å². The van der Waals surface area contributed by atoms with E-state index in [4.69, 9.17) is 31.3 Å². The normalized spacial score (nSPS) is 16.1. The van der Waals surface area contributed by atoms with E-state index in [1.165, 1.54) is 4.90 Å². The molecule has 1 atom stereocenters. The Morgan fingerprint density at radius 2 is 1.72 bits per heavy atom. The Balaban J connectivity index is 1.41. The van der Waals surface area contributed by atoms with E-state index >= 15 is 0 Å². The maximum Gasteiger partial charge on any atom is 0.415 e. The van der Waals surface area contributed by atoms with Crippen molar-refractivity contribution in [1.82, 2.24) is 29.6 Å². The first kappa shape index (κ1) is 30.7. The van der Waals surface area contributed by atoms with Crippen molar-refractivity contribution < 1.29 is 19.1 Å². The molecule has 1 unspecified atom stereocenters. The van der Waals surface area contributed by atoms with E-state index in [1.807, 2.05) is 80.9 Å². The Kier molecular flexibility index (Phi) is 7.42. The van der Waals surface area contributed by atoms with Crippen molar-refractivity contribution in [2.75, 3.05) is 16.9 Å². The van der Waals surface area contributed by atoms with E-state index in [2.05, 4.69) is 10.2 Å². The maximum absolute atomic E-state index is 14.6. The third-order valence-electron chi connectivity index (χ3n) is 8.31. The molecule has 13 heteroatoms. The molecule has 47 heavy (non-hydrogen) atoms. The molecule has 0 saturated heterocycles. The highest BCUT2D eigenvalue weighted by Crippen LogP contribution is 2.47. The van der Waals surface area contributed by atoms with Crippen molar-refractivity contribution in [3.8, 4) is 5.75 Å². The number of benzene rings is 2. The summed E-state index contributed by atoms with van der Waals surface area (Å²) in [6.07, 6.45) is 1.35. The van der Waals surface area contributed by atoms with Crippen LogP contribution < -0.4 is 14.5 Å². The topological polar surface area (TPSA) is 120 Å². The first-order valence-electron chi connectivity index (χ1n) is 15.5. The third-order valence-corrected chi connectivity index (χ3v) is 8.56. The minimum atomic E-state index is -0.774. The number of amides is 2. The van der Waals surface area contributed by atoms with Crippen LogP contribution in [0.1, 0.15) is 84.4 Å². The minimum Gasteiger partial charge on any atom is -0.497 e. The Morgan fingerprint density at radius 1 is 1.02 bits per heavy atom. The molecule has 0 radical (unpaired) electrons. The zero-order chi connectivity index (χ0) is 33.2. The van der Waals surface area contributed by atoms with Gasteiger partial charge >= 0.3 is 6.09 Å². The second-order valence-corrected chi connectivity index (χ2v) is 13.4. The monoisotopic (exact) mass is 654 g/mol. The molecule has 1 aliphatic carbocycles. The van der Waals surface area contributed by atoms with Crippen molar-refractivity contribution in [3.63, 3.8) is 0 Å². The fourth-order valence-electron chi connectivity index (χ4n) is 5.99. The van der Waals surface area contributed by atoms with E-state index < -0.39 is 17.7 Å². The number of nitrogens with zero attached hydrogens (tertiary/aromatic N) is 8. The predicted molar refractivity (Wildman–Crippen MR) is 176 cm³/mol. The van der Waals surface area contributed by atoms with Crippen LogP contribution in [0.5, 0.6) is 5.75 Å². The number of carbonyl (C=O) groups is 2. The van der Waals surface area contributed by atoms with E-state index in [-0.39, 0.29) is 18.5 Å². The summed E-state index contributed by atoms with van der Waals surface area (Å²) in [7, 11) is 1.60. The van der Waals surface area contributed by atoms with E-state index in [9.17, 15) is 9.59 Å². The molecule has 2 amide bonds. The molecule has 2 aliphatic rings. The summed E-state index contributed by atoms with van der Waals surface area (Å²) in [5.41, 5.74) is 3.80. The number of ether oxygens (including phenoxy) is 2. The Morgan fingerprint density at radius 3 is 2.36 bits per heavy atom. The van der Waals surface area contributed by atoms with Crippen molar-refractivity contribution in [3.05, 3.63) is 93.5 Å². The standard InChI is InChI=1S/C34H35ClN8O4/c1-19-28-29(22-9-11-23(35)12-10-22)41(32(44)30(28)43(38-19)24-13-14-24)27-17-26(31-37-36-20(2)42(31)39-27)40(33(45)47-34(3,4)5)18-21-7-15-25(46-6)16-8-21/h7-12,15-17,24,29H,13-14,18H2,1-6H3. The average Bonchev–Trinajstić information content (AvgIpc) is 3.64. The molecule has 2 aromatic carbocycles. The van der Waals surface area contributed by atoms with Gasteiger partial charge in [-0.25, -0.2) is 4.79 Å². The van der Waals surface area contributed by atoms with Crippen molar-refractivity contribution in [1.29, 1.82) is 0 Å². The molecular weight excluding hydrogens is 620 g/mol. The van der Waals surface area contributed by atoms with Crippen LogP contribution in [0.15, 0.2) is 54.6 Å². The zero-order valence-corrected chi connectivity index (χ0v) is 27.8. The quantitative estimate of drug-likeness (QED) is 0.192. The Bertz CT molecular complexity index is 2010. The number of carbonyl (C=O) groups excluding carboxylic acids is 2. The summed E-state index contributed by atoms with van der Waals surface area (Å²) in [6.45, 7) is 9.29. The fourth-order valence-corrected chi connectivity index (χ4v) is 6.12. The van der Waals surface area contributed by atoms with Gasteiger partial charge in [-0.2, -0.15) is 9.61 Å². The van der Waals surface area contributed by atoms with Crippen molar-refractivity contribution >= 4 is 40.8 Å². The molecular formula is C34H35ClN8O4. The van der Waals surface area contributed by atoms with E-state index in [0.29, 0.717) is 39.4 Å². The molecule has 5 aromatic rings. The number of aryl methyl sites for hydroxylation is 2. The highest BCUT2D eigenvalue weighted by atomic mass is 35.5. The van der Waals surface area contributed by atoms with Crippen molar-refractivity contribution in [2.24, 2.45) is 0 Å². The highest BCUT2D eigenvalue weighted by Gasteiger charge is 2.47. The van der Waals surface area contributed by atoms with Crippen LogP contribution in [0, 0.1) is 13.8 Å². The average molecular weight is 655 g/mol. The summed E-state index contributed by atoms with van der Waals surface area (Å²) in [5.74, 6) is 1.28. The number of methoxy groups -OCH3 is 1. The molecule has 7 rings (SSSR count). The summed E-state index contributed by atoms with van der Waals surface area (Å²) in [6, 6.07) is 16.2. The smallest absolute Gasteiger partial charge is 0.415 e. The van der Waals surface area contributed by atoms with Gasteiger partial charge in [0.15, 0.2) is 11.6 Å². The van der Waals surface area contributed by atoms with Crippen LogP contribution in [0.3, 0.4) is 0 Å². The van der Waals surface area contributed by atoms with Gasteiger partial charge in [0, 0.05) is 16.7 Å². The number of hydrogen-bond acceptors (Lipinski definition) is 8. The molecule has 0 bridgehead atoms. The number of fused-ring (bicyclic) bond motifs is 2. The van der Waals surface area contributed by atoms with Crippen LogP contribution in [0.2, 0.25) is 5.02 Å². The Hall–Kier alpha value is -4.97. The number of anilines is 2. The van der Waals surface area contributed by atoms with Crippen molar-refractivity contribution in [2.45, 2.75) is 71.7 Å².